The second kappa shape index (κ2) is 9.52. The molecule has 3 atom stereocenters. The molecule has 0 N–H and O–H groups in total. The highest BCUT2D eigenvalue weighted by molar-refractivity contribution is 5.81. The lowest BCUT2D eigenvalue weighted by atomic mass is 9.87. The summed E-state index contributed by atoms with van der Waals surface area (Å²) < 4.78 is 5.57. The number of likely N-dealkylation sites (tertiary alicyclic amines) is 2. The Bertz CT molecular complexity index is 857. The maximum atomic E-state index is 13.4. The third-order valence-electron chi connectivity index (χ3n) is 8.21. The molecular formula is C28H41N3O3. The molecule has 1 aromatic rings. The van der Waals surface area contributed by atoms with Gasteiger partial charge < -0.3 is 14.5 Å². The van der Waals surface area contributed by atoms with E-state index in [1.165, 1.54) is 18.4 Å². The Morgan fingerprint density at radius 1 is 0.941 bits per heavy atom. The van der Waals surface area contributed by atoms with Crippen LogP contribution in [0.3, 0.4) is 0 Å². The van der Waals surface area contributed by atoms with Crippen LogP contribution in [0.5, 0.6) is 0 Å². The van der Waals surface area contributed by atoms with Crippen LogP contribution in [0, 0.1) is 17.8 Å². The fourth-order valence-corrected chi connectivity index (χ4v) is 6.45. The van der Waals surface area contributed by atoms with E-state index in [1.54, 1.807) is 0 Å². The fourth-order valence-electron chi connectivity index (χ4n) is 6.45. The highest BCUT2D eigenvalue weighted by Crippen LogP contribution is 2.44. The zero-order valence-corrected chi connectivity index (χ0v) is 21.1. The van der Waals surface area contributed by atoms with Crippen LogP contribution in [0.25, 0.3) is 0 Å². The highest BCUT2D eigenvalue weighted by Gasteiger charge is 2.49. The van der Waals surface area contributed by atoms with Crippen LogP contribution in [-0.2, 0) is 16.1 Å². The summed E-state index contributed by atoms with van der Waals surface area (Å²) in [4.78, 5) is 32.7. The first kappa shape index (κ1) is 23.7. The van der Waals surface area contributed by atoms with Crippen LogP contribution in [0.4, 0.5) is 4.79 Å². The first-order valence-corrected chi connectivity index (χ1v) is 13.3. The van der Waals surface area contributed by atoms with Crippen LogP contribution in [0.1, 0.15) is 64.9 Å². The van der Waals surface area contributed by atoms with Gasteiger partial charge >= 0.3 is 6.09 Å². The van der Waals surface area contributed by atoms with Gasteiger partial charge in [-0.3, -0.25) is 9.69 Å². The number of amides is 2. The molecule has 6 nitrogen and oxygen atoms in total. The molecule has 4 fully saturated rings. The van der Waals surface area contributed by atoms with Crippen molar-refractivity contribution in [2.75, 3.05) is 26.2 Å². The zero-order chi connectivity index (χ0) is 23.9. The Morgan fingerprint density at radius 3 is 2.12 bits per heavy atom. The van der Waals surface area contributed by atoms with Gasteiger partial charge in [0.2, 0.25) is 5.91 Å². The number of piperidine rings is 2. The van der Waals surface area contributed by atoms with Crippen LogP contribution in [0.15, 0.2) is 30.3 Å². The quantitative estimate of drug-likeness (QED) is 0.638. The van der Waals surface area contributed by atoms with Gasteiger partial charge in [-0.2, -0.15) is 0 Å². The Morgan fingerprint density at radius 2 is 1.56 bits per heavy atom. The lowest BCUT2D eigenvalue weighted by molar-refractivity contribution is -0.139. The Hall–Kier alpha value is -2.08. The minimum absolute atomic E-state index is 0.181. The largest absolute Gasteiger partial charge is 0.444 e. The second-order valence-corrected chi connectivity index (χ2v) is 12.0. The normalized spacial score (nSPS) is 28.1. The molecule has 2 saturated heterocycles. The van der Waals surface area contributed by atoms with E-state index in [1.807, 2.05) is 31.7 Å². The van der Waals surface area contributed by atoms with Gasteiger partial charge in [0.15, 0.2) is 0 Å². The lowest BCUT2D eigenvalue weighted by Gasteiger charge is -2.47. The Labute approximate surface area is 204 Å². The molecule has 4 aliphatic rings. The van der Waals surface area contributed by atoms with E-state index in [9.17, 15) is 9.59 Å². The summed E-state index contributed by atoms with van der Waals surface area (Å²) in [6.07, 6.45) is 6.43. The third-order valence-corrected chi connectivity index (χ3v) is 8.21. The lowest BCUT2D eigenvalue weighted by Crippen LogP contribution is -2.58. The molecule has 6 heteroatoms. The molecule has 2 saturated carbocycles. The van der Waals surface area contributed by atoms with E-state index in [0.717, 1.165) is 58.4 Å². The number of fused-ring (bicyclic) bond motifs is 2. The number of benzene rings is 1. The number of carbonyl (C=O) groups is 2. The van der Waals surface area contributed by atoms with Crippen LogP contribution in [-0.4, -0.2) is 70.6 Å². The first-order chi connectivity index (χ1) is 16.3. The molecule has 2 aliphatic heterocycles. The van der Waals surface area contributed by atoms with Crippen molar-refractivity contribution < 1.29 is 14.3 Å². The van der Waals surface area contributed by atoms with Crippen molar-refractivity contribution in [2.45, 2.75) is 83.5 Å². The monoisotopic (exact) mass is 467 g/mol. The molecule has 2 aliphatic carbocycles. The van der Waals surface area contributed by atoms with Gasteiger partial charge in [0.1, 0.15) is 5.60 Å². The number of ether oxygens (including phenoxy) is 1. The van der Waals surface area contributed by atoms with Gasteiger partial charge in [-0.1, -0.05) is 30.3 Å². The molecular weight excluding hydrogens is 426 g/mol. The number of nitrogens with zero attached hydrogens (tertiary/aromatic N) is 3. The van der Waals surface area contributed by atoms with E-state index in [-0.39, 0.29) is 12.0 Å². The second-order valence-electron chi connectivity index (χ2n) is 12.0. The Balaban J connectivity index is 1.21. The number of carbonyl (C=O) groups excluding carboxylic acids is 2. The predicted octanol–water partition coefficient (Wildman–Crippen LogP) is 4.54. The van der Waals surface area contributed by atoms with Gasteiger partial charge in [-0.05, 0) is 76.7 Å². The minimum atomic E-state index is -0.446. The van der Waals surface area contributed by atoms with Gasteiger partial charge in [-0.15, -0.1) is 0 Å². The maximum absolute atomic E-state index is 13.4. The topological polar surface area (TPSA) is 53.1 Å². The summed E-state index contributed by atoms with van der Waals surface area (Å²) in [7, 11) is 0. The summed E-state index contributed by atoms with van der Waals surface area (Å²) >= 11 is 0. The van der Waals surface area contributed by atoms with Gasteiger partial charge in [0, 0.05) is 50.7 Å². The average Bonchev–Trinajstić information content (AvgIpc) is 3.62. The van der Waals surface area contributed by atoms with E-state index < -0.39 is 5.60 Å². The molecule has 1 unspecified atom stereocenters. The molecule has 34 heavy (non-hydrogen) atoms. The molecule has 2 amide bonds. The minimum Gasteiger partial charge on any atom is -0.444 e. The number of hydrogen-bond acceptors (Lipinski definition) is 4. The van der Waals surface area contributed by atoms with E-state index in [0.29, 0.717) is 29.8 Å². The molecule has 0 spiro atoms. The van der Waals surface area contributed by atoms with Crippen molar-refractivity contribution in [2.24, 2.45) is 17.8 Å². The van der Waals surface area contributed by atoms with Crippen molar-refractivity contribution in [1.82, 2.24) is 14.7 Å². The summed E-state index contributed by atoms with van der Waals surface area (Å²) in [6, 6.07) is 11.4. The van der Waals surface area contributed by atoms with Gasteiger partial charge in [0.05, 0.1) is 0 Å². The zero-order valence-electron chi connectivity index (χ0n) is 21.1. The number of hydrogen-bond donors (Lipinski definition) is 0. The summed E-state index contributed by atoms with van der Waals surface area (Å²) in [5.41, 5.74) is 0.797. The van der Waals surface area contributed by atoms with Crippen molar-refractivity contribution in [3.05, 3.63) is 35.9 Å². The predicted molar refractivity (Wildman–Crippen MR) is 132 cm³/mol. The molecule has 0 radical (unpaired) electrons. The van der Waals surface area contributed by atoms with Crippen LogP contribution >= 0.6 is 0 Å². The van der Waals surface area contributed by atoms with Crippen molar-refractivity contribution in [3.63, 3.8) is 0 Å². The van der Waals surface area contributed by atoms with Crippen molar-refractivity contribution in [3.8, 4) is 0 Å². The smallest absolute Gasteiger partial charge is 0.410 e. The number of rotatable bonds is 5. The van der Waals surface area contributed by atoms with Crippen molar-refractivity contribution >= 4 is 12.0 Å². The van der Waals surface area contributed by atoms with E-state index in [2.05, 4.69) is 34.1 Å². The molecule has 186 valence electrons. The van der Waals surface area contributed by atoms with Crippen molar-refractivity contribution in [1.29, 1.82) is 0 Å². The Kier molecular flexibility index (Phi) is 6.62. The first-order valence-electron chi connectivity index (χ1n) is 13.3. The SMILES string of the molecule is CC(C)(C)OC(=O)N1CCC(N2C[C@H]3CC[C@@H](C2)C3N(Cc2ccccc2)C(=O)C2CC2)CC1. The average molecular weight is 468 g/mol. The van der Waals surface area contributed by atoms with E-state index in [4.69, 9.17) is 4.74 Å². The van der Waals surface area contributed by atoms with E-state index >= 15 is 0 Å². The molecule has 5 rings (SSSR count). The highest BCUT2D eigenvalue weighted by atomic mass is 16.6. The van der Waals surface area contributed by atoms with Crippen LogP contribution in [0.2, 0.25) is 0 Å². The molecule has 1 aromatic carbocycles. The summed E-state index contributed by atoms with van der Waals surface area (Å²) in [6.45, 7) is 10.2. The molecule has 0 aromatic heterocycles. The fraction of sp³-hybridized carbons (Fsp3) is 0.714. The molecule has 2 heterocycles. The standard InChI is InChI=1S/C28H41N3O3/c1-28(2,3)34-27(33)29-15-13-24(14-16-29)30-18-22-11-12-23(19-30)25(22)31(26(32)21-9-10-21)17-20-7-5-4-6-8-20/h4-8,21-25H,9-19H2,1-3H3/t22-,23+,25?. The third kappa shape index (κ3) is 5.27. The maximum Gasteiger partial charge on any atom is 0.410 e. The molecule has 2 bridgehead atoms. The summed E-state index contributed by atoms with van der Waals surface area (Å²) in [5, 5.41) is 0. The van der Waals surface area contributed by atoms with Crippen LogP contribution < -0.4 is 0 Å². The summed E-state index contributed by atoms with van der Waals surface area (Å²) in [5.74, 6) is 1.78. The van der Waals surface area contributed by atoms with Gasteiger partial charge in [0.25, 0.3) is 0 Å². The van der Waals surface area contributed by atoms with Gasteiger partial charge in [-0.25, -0.2) is 4.79 Å².